The minimum atomic E-state index is 0.187. The number of nitrogens with zero attached hydrogens (tertiary/aromatic N) is 1. The highest BCUT2D eigenvalue weighted by Gasteiger charge is 2.24. The first-order valence-electron chi connectivity index (χ1n) is 6.41. The molecule has 98 valence electrons. The van der Waals surface area contributed by atoms with E-state index in [9.17, 15) is 4.79 Å². The number of carbonyl (C=O) groups excluding carboxylic acids is 1. The number of thiazole rings is 1. The lowest BCUT2D eigenvalue weighted by atomic mass is 9.88. The predicted octanol–water partition coefficient (Wildman–Crippen LogP) is 3.59. The third kappa shape index (κ3) is 2.54. The summed E-state index contributed by atoms with van der Waals surface area (Å²) in [5.74, 6) is 1.37. The van der Waals surface area contributed by atoms with Gasteiger partial charge in [-0.1, -0.05) is 18.2 Å². The first-order valence-corrected chi connectivity index (χ1v) is 7.23. The lowest BCUT2D eigenvalue weighted by Gasteiger charge is -2.25. The molecule has 0 amide bonds. The molecule has 0 bridgehead atoms. The van der Waals surface area contributed by atoms with Crippen LogP contribution < -0.4 is 4.74 Å². The van der Waals surface area contributed by atoms with Crippen LogP contribution in [0.1, 0.15) is 39.0 Å². The minimum absolute atomic E-state index is 0.187. The normalized spacial score (nSPS) is 17.6. The summed E-state index contributed by atoms with van der Waals surface area (Å²) >= 11 is 1.47. The van der Waals surface area contributed by atoms with Crippen molar-refractivity contribution in [2.45, 2.75) is 25.7 Å². The number of ether oxygens (including phenoxy) is 1. The molecule has 19 heavy (non-hydrogen) atoms. The molecule has 3 rings (SSSR count). The molecule has 1 atom stereocenters. The molecule has 0 saturated carbocycles. The fourth-order valence-corrected chi connectivity index (χ4v) is 3.17. The van der Waals surface area contributed by atoms with Gasteiger partial charge in [-0.3, -0.25) is 4.79 Å². The maximum Gasteiger partial charge on any atom is 0.175 e. The van der Waals surface area contributed by atoms with Crippen molar-refractivity contribution in [3.63, 3.8) is 0 Å². The van der Waals surface area contributed by atoms with E-state index in [1.54, 1.807) is 6.20 Å². The van der Waals surface area contributed by atoms with Gasteiger partial charge in [0.1, 0.15) is 5.75 Å². The Balaban J connectivity index is 1.79. The summed E-state index contributed by atoms with van der Waals surface area (Å²) in [6, 6.07) is 8.00. The average Bonchev–Trinajstić information content (AvgIpc) is 2.86. The molecule has 0 aliphatic carbocycles. The van der Waals surface area contributed by atoms with Gasteiger partial charge >= 0.3 is 0 Å². The molecule has 0 fully saturated rings. The van der Waals surface area contributed by atoms with Crippen LogP contribution in [0.4, 0.5) is 0 Å². The second-order valence-corrected chi connectivity index (χ2v) is 5.98. The van der Waals surface area contributed by atoms with E-state index in [4.69, 9.17) is 4.74 Å². The Kier molecular flexibility index (Phi) is 3.34. The van der Waals surface area contributed by atoms with Gasteiger partial charge < -0.3 is 4.74 Å². The van der Waals surface area contributed by atoms with Gasteiger partial charge in [-0.2, -0.15) is 0 Å². The Bertz CT molecular complexity index is 606. The van der Waals surface area contributed by atoms with Crippen molar-refractivity contribution in [3.8, 4) is 5.75 Å². The van der Waals surface area contributed by atoms with Crippen molar-refractivity contribution in [1.82, 2.24) is 4.98 Å². The van der Waals surface area contributed by atoms with E-state index >= 15 is 0 Å². The van der Waals surface area contributed by atoms with Crippen LogP contribution in [0.15, 0.2) is 30.5 Å². The van der Waals surface area contributed by atoms with Gasteiger partial charge in [0.15, 0.2) is 5.78 Å². The second-order valence-electron chi connectivity index (χ2n) is 4.74. The maximum atomic E-state index is 12.3. The molecular formula is C15H15NO2S. The van der Waals surface area contributed by atoms with Crippen molar-refractivity contribution in [1.29, 1.82) is 0 Å². The summed E-state index contributed by atoms with van der Waals surface area (Å²) < 4.78 is 5.62. The Hall–Kier alpha value is -1.68. The Labute approximate surface area is 116 Å². The van der Waals surface area contributed by atoms with E-state index in [-0.39, 0.29) is 11.7 Å². The van der Waals surface area contributed by atoms with Crippen LogP contribution in [-0.4, -0.2) is 17.4 Å². The largest absolute Gasteiger partial charge is 0.493 e. The van der Waals surface area contributed by atoms with Crippen LogP contribution in [0.3, 0.4) is 0 Å². The van der Waals surface area contributed by atoms with Gasteiger partial charge in [-0.15, -0.1) is 11.3 Å². The zero-order valence-electron chi connectivity index (χ0n) is 10.8. The summed E-state index contributed by atoms with van der Waals surface area (Å²) in [4.78, 5) is 17.2. The second kappa shape index (κ2) is 5.13. The molecule has 0 radical (unpaired) electrons. The molecule has 1 aromatic heterocycles. The van der Waals surface area contributed by atoms with E-state index in [0.29, 0.717) is 13.0 Å². The monoisotopic (exact) mass is 273 g/mol. The van der Waals surface area contributed by atoms with E-state index in [2.05, 4.69) is 11.1 Å². The van der Waals surface area contributed by atoms with Crippen LogP contribution in [-0.2, 0) is 0 Å². The standard InChI is InChI=1S/C15H15NO2S/c1-10-16-9-15(19-10)13(17)8-11-6-7-18-14-5-3-2-4-12(11)14/h2-5,9,11H,6-8H2,1H3. The number of hydrogen-bond acceptors (Lipinski definition) is 4. The summed E-state index contributed by atoms with van der Waals surface area (Å²) in [7, 11) is 0. The molecule has 0 N–H and O–H groups in total. The summed E-state index contributed by atoms with van der Waals surface area (Å²) in [5, 5.41) is 0.940. The highest BCUT2D eigenvalue weighted by molar-refractivity contribution is 7.13. The molecule has 1 aliphatic rings. The van der Waals surface area contributed by atoms with Crippen LogP contribution in [0.2, 0.25) is 0 Å². The molecular weight excluding hydrogens is 258 g/mol. The molecule has 0 spiro atoms. The molecule has 0 saturated heterocycles. The van der Waals surface area contributed by atoms with Crippen molar-refractivity contribution in [2.75, 3.05) is 6.61 Å². The van der Waals surface area contributed by atoms with E-state index in [1.165, 1.54) is 11.3 Å². The van der Waals surface area contributed by atoms with Crippen molar-refractivity contribution in [3.05, 3.63) is 45.9 Å². The Morgan fingerprint density at radius 1 is 1.47 bits per heavy atom. The quantitative estimate of drug-likeness (QED) is 0.802. The smallest absolute Gasteiger partial charge is 0.175 e. The van der Waals surface area contributed by atoms with E-state index in [1.807, 2.05) is 25.1 Å². The SMILES string of the molecule is Cc1ncc(C(=O)CC2CCOc3ccccc32)s1. The van der Waals surface area contributed by atoms with Crippen LogP contribution in [0.5, 0.6) is 5.75 Å². The summed E-state index contributed by atoms with van der Waals surface area (Å²) in [6.07, 6.45) is 3.14. The molecule has 3 nitrogen and oxygen atoms in total. The van der Waals surface area contributed by atoms with Gasteiger partial charge in [0.2, 0.25) is 0 Å². The maximum absolute atomic E-state index is 12.3. The number of para-hydroxylation sites is 1. The Morgan fingerprint density at radius 2 is 2.32 bits per heavy atom. The zero-order chi connectivity index (χ0) is 13.2. The van der Waals surface area contributed by atoms with Crippen molar-refractivity contribution < 1.29 is 9.53 Å². The number of benzene rings is 1. The number of fused-ring (bicyclic) bond motifs is 1. The number of ketones is 1. The number of rotatable bonds is 3. The molecule has 2 heterocycles. The molecule has 2 aromatic rings. The first-order chi connectivity index (χ1) is 9.24. The lowest BCUT2D eigenvalue weighted by Crippen LogP contribution is -2.16. The number of aromatic nitrogens is 1. The Morgan fingerprint density at radius 3 is 3.11 bits per heavy atom. The molecule has 4 heteroatoms. The molecule has 1 aromatic carbocycles. The van der Waals surface area contributed by atoms with Gasteiger partial charge in [0.05, 0.1) is 16.5 Å². The van der Waals surface area contributed by atoms with Gasteiger partial charge in [-0.05, 0) is 30.9 Å². The topological polar surface area (TPSA) is 39.2 Å². The predicted molar refractivity (Wildman–Crippen MR) is 75.1 cm³/mol. The fraction of sp³-hybridized carbons (Fsp3) is 0.333. The third-order valence-corrected chi connectivity index (χ3v) is 4.36. The highest BCUT2D eigenvalue weighted by atomic mass is 32.1. The number of Topliss-reactive ketones (excluding diaryl/α,β-unsaturated/α-hetero) is 1. The number of hydrogen-bond donors (Lipinski definition) is 0. The zero-order valence-corrected chi connectivity index (χ0v) is 11.6. The van der Waals surface area contributed by atoms with Gasteiger partial charge in [-0.25, -0.2) is 4.98 Å². The van der Waals surface area contributed by atoms with Crippen molar-refractivity contribution >= 4 is 17.1 Å². The average molecular weight is 273 g/mol. The first kappa shape index (κ1) is 12.4. The third-order valence-electron chi connectivity index (χ3n) is 3.41. The van der Waals surface area contributed by atoms with Crippen molar-refractivity contribution in [2.24, 2.45) is 0 Å². The highest BCUT2D eigenvalue weighted by Crippen LogP contribution is 2.36. The van der Waals surface area contributed by atoms with Crippen LogP contribution in [0.25, 0.3) is 0 Å². The van der Waals surface area contributed by atoms with Gasteiger partial charge in [0.25, 0.3) is 0 Å². The molecule has 1 unspecified atom stereocenters. The number of aryl methyl sites for hydroxylation is 1. The summed E-state index contributed by atoms with van der Waals surface area (Å²) in [6.45, 7) is 2.61. The van der Waals surface area contributed by atoms with Crippen LogP contribution >= 0.6 is 11.3 Å². The van der Waals surface area contributed by atoms with E-state index < -0.39 is 0 Å². The number of carbonyl (C=O) groups is 1. The minimum Gasteiger partial charge on any atom is -0.493 e. The summed E-state index contributed by atoms with van der Waals surface area (Å²) in [5.41, 5.74) is 1.16. The lowest BCUT2D eigenvalue weighted by molar-refractivity contribution is 0.0969. The molecule has 1 aliphatic heterocycles. The van der Waals surface area contributed by atoms with E-state index in [0.717, 1.165) is 27.6 Å². The van der Waals surface area contributed by atoms with Crippen LogP contribution in [0, 0.1) is 6.92 Å². The fourth-order valence-electron chi connectivity index (χ4n) is 2.44. The van der Waals surface area contributed by atoms with Gasteiger partial charge in [0, 0.05) is 12.6 Å².